The van der Waals surface area contributed by atoms with Gasteiger partial charge in [-0.05, 0) is 0 Å². The number of nitrogens with zero attached hydrogens (tertiary/aromatic N) is 3. The second-order valence-electron chi connectivity index (χ2n) is 3.89. The van der Waals surface area contributed by atoms with Crippen LogP contribution in [0, 0.1) is 0 Å². The average Bonchev–Trinajstić information content (AvgIpc) is 3.08. The molecule has 0 spiro atoms. The van der Waals surface area contributed by atoms with E-state index in [0.29, 0.717) is 0 Å². The molecule has 0 atom stereocenters. The van der Waals surface area contributed by atoms with Crippen molar-refractivity contribution in [2.24, 2.45) is 3.34 Å². The summed E-state index contributed by atoms with van der Waals surface area (Å²) >= 11 is 1.19. The van der Waals surface area contributed by atoms with Crippen LogP contribution in [-0.4, -0.2) is 32.7 Å². The molecule has 1 aromatic carbocycles. The first-order chi connectivity index (χ1) is 10.2. The molecule has 0 aliphatic carbocycles. The van der Waals surface area contributed by atoms with Crippen molar-refractivity contribution >= 4 is 0 Å². The van der Waals surface area contributed by atoms with Crippen LogP contribution in [-0.2, 0) is 20.9 Å². The quantitative estimate of drug-likeness (QED) is 0.368. The molecule has 0 unspecified atom stereocenters. The fraction of sp³-hybridized carbons (Fsp3) is 0.706. The zero-order chi connectivity index (χ0) is 16.6. The van der Waals surface area contributed by atoms with Crippen LogP contribution in [0.2, 0.25) is 0 Å². The van der Waals surface area contributed by atoms with Crippen LogP contribution >= 0.6 is 0 Å². The van der Waals surface area contributed by atoms with Gasteiger partial charge in [0.05, 0.1) is 0 Å². The zero-order valence-corrected chi connectivity index (χ0v) is 17.8. The third-order valence-corrected chi connectivity index (χ3v) is 2.78. The molecule has 0 radical (unpaired) electrons. The predicted octanol–water partition coefficient (Wildman–Crippen LogP) is 5.72. The monoisotopic (exact) mass is 461 g/mol. The maximum absolute atomic E-state index is 4.04. The van der Waals surface area contributed by atoms with Crippen molar-refractivity contribution in [1.29, 1.82) is 0 Å². The Morgan fingerprint density at radius 3 is 1.38 bits per heavy atom. The Kier molecular flexibility index (Phi) is 39.2. The number of hydrogen-bond acceptors (Lipinski definition) is 1. The molecule has 125 valence electrons. The van der Waals surface area contributed by atoms with Gasteiger partial charge in [-0.15, -0.1) is 0 Å². The van der Waals surface area contributed by atoms with E-state index < -0.39 is 0 Å². The molecule has 0 fully saturated rings. The molecule has 0 bridgehead atoms. The summed E-state index contributed by atoms with van der Waals surface area (Å²) in [4.78, 5) is 0. The van der Waals surface area contributed by atoms with Crippen LogP contribution in [0.25, 0.3) is 10.6 Å². The van der Waals surface area contributed by atoms with Gasteiger partial charge < -0.3 is 10.6 Å². The van der Waals surface area contributed by atoms with Crippen LogP contribution in [0.5, 0.6) is 0 Å². The molecule has 1 aromatic rings. The van der Waals surface area contributed by atoms with Gasteiger partial charge in [0.15, 0.2) is 0 Å². The Morgan fingerprint density at radius 2 is 1.29 bits per heavy atom. The van der Waals surface area contributed by atoms with E-state index in [1.807, 2.05) is 58.0 Å². The normalized spacial score (nSPS) is 8.19. The van der Waals surface area contributed by atoms with Crippen molar-refractivity contribution in [3.8, 4) is 0 Å². The summed E-state index contributed by atoms with van der Waals surface area (Å²) in [6, 6.07) is 10.0. The van der Waals surface area contributed by atoms with Crippen molar-refractivity contribution < 1.29 is 20.9 Å². The summed E-state index contributed by atoms with van der Waals surface area (Å²) in [6.45, 7) is 15.3. The summed E-state index contributed by atoms with van der Waals surface area (Å²) in [5.74, 6) is 0. The summed E-state index contributed by atoms with van der Waals surface area (Å²) < 4.78 is 4.04. The predicted molar refractivity (Wildman–Crippen MR) is 93.1 cm³/mol. The number of rotatable bonds is 7. The van der Waals surface area contributed by atoms with Gasteiger partial charge in [-0.25, -0.2) is 12.1 Å². The minimum absolute atomic E-state index is 0.969. The van der Waals surface area contributed by atoms with Gasteiger partial charge in [-0.1, -0.05) is 27.7 Å². The summed E-state index contributed by atoms with van der Waals surface area (Å²) in [5.41, 5.74) is 0. The second-order valence-corrected chi connectivity index (χ2v) is 4.91. The molecule has 0 saturated carbocycles. The maximum Gasteiger partial charge on any atom is -0.0844 e. The van der Waals surface area contributed by atoms with E-state index in [-0.39, 0.29) is 0 Å². The first kappa shape index (κ1) is 25.7. The van der Waals surface area contributed by atoms with E-state index in [1.165, 1.54) is 33.7 Å². The van der Waals surface area contributed by atoms with E-state index in [0.717, 1.165) is 32.7 Å². The van der Waals surface area contributed by atoms with Gasteiger partial charge in [0.25, 0.3) is 0 Å². The Labute approximate surface area is 145 Å². The number of unbranched alkanes of at least 4 members (excludes halogenated alkanes) is 1. The van der Waals surface area contributed by atoms with Gasteiger partial charge >= 0.3 is 50.5 Å². The molecule has 4 heteroatoms. The molecule has 0 amide bonds. The zero-order valence-electron chi connectivity index (χ0n) is 14.6. The fourth-order valence-corrected chi connectivity index (χ4v) is 1.50. The standard InChI is InChI=1S/C5H5.2C4H10N.C4H9N.Ta/c1-2-4-5-3-1;2*1-3-5-4-2;1-2-3-4-5;/h1-5H;2*3-4H2,1-2H3;2-4H2,1H3;/q3*-1;;. The fourth-order valence-electron chi connectivity index (χ4n) is 0.997. The topological polar surface area (TPSA) is 40.6 Å². The maximum atomic E-state index is 4.04. The van der Waals surface area contributed by atoms with Gasteiger partial charge in [0, 0.05) is 0 Å². The minimum atomic E-state index is 0.969. The molecule has 0 heterocycles. The molecule has 0 aromatic heterocycles. The van der Waals surface area contributed by atoms with Gasteiger partial charge in [-0.3, -0.25) is 0 Å². The van der Waals surface area contributed by atoms with Crippen molar-refractivity contribution in [1.82, 2.24) is 0 Å². The Hall–Kier alpha value is -0.190. The van der Waals surface area contributed by atoms with Crippen molar-refractivity contribution in [2.45, 2.75) is 47.5 Å². The van der Waals surface area contributed by atoms with E-state index >= 15 is 0 Å². The van der Waals surface area contributed by atoms with Gasteiger partial charge in [0.1, 0.15) is 0 Å². The molecular formula is C17H34N3Ta-3. The Balaban J connectivity index is -0.000000206. The van der Waals surface area contributed by atoms with Crippen LogP contribution in [0.3, 0.4) is 0 Å². The third kappa shape index (κ3) is 45.1. The van der Waals surface area contributed by atoms with Crippen LogP contribution in [0.4, 0.5) is 0 Å². The minimum Gasteiger partial charge on any atom is -0.663 e. The van der Waals surface area contributed by atoms with Crippen molar-refractivity contribution in [3.05, 3.63) is 41.0 Å². The SMILES string of the molecule is CCCC[N]=[Ta].CC[N-]CC.CC[N-]CC.c1cc[cH-]c1. The summed E-state index contributed by atoms with van der Waals surface area (Å²) in [6.07, 6.45) is 2.55. The van der Waals surface area contributed by atoms with Crippen molar-refractivity contribution in [2.75, 3.05) is 32.7 Å². The Morgan fingerprint density at radius 1 is 0.857 bits per heavy atom. The van der Waals surface area contributed by atoms with E-state index in [1.54, 1.807) is 0 Å². The van der Waals surface area contributed by atoms with E-state index in [4.69, 9.17) is 0 Å². The van der Waals surface area contributed by atoms with E-state index in [9.17, 15) is 0 Å². The molecule has 0 N–H and O–H groups in total. The first-order valence-corrected chi connectivity index (χ1v) is 9.42. The first-order valence-electron chi connectivity index (χ1n) is 7.98. The van der Waals surface area contributed by atoms with Crippen molar-refractivity contribution in [3.63, 3.8) is 0 Å². The second kappa shape index (κ2) is 32.0. The average molecular weight is 461 g/mol. The van der Waals surface area contributed by atoms with Crippen LogP contribution in [0.1, 0.15) is 47.5 Å². The van der Waals surface area contributed by atoms with Crippen LogP contribution in [0.15, 0.2) is 33.7 Å². The molecular weight excluding hydrogens is 427 g/mol. The molecule has 0 aliphatic rings. The Bertz CT molecular complexity index is 199. The molecule has 0 saturated heterocycles. The van der Waals surface area contributed by atoms with E-state index in [2.05, 4.69) is 20.9 Å². The van der Waals surface area contributed by atoms with Crippen LogP contribution < -0.4 is 0 Å². The molecule has 21 heavy (non-hydrogen) atoms. The summed E-state index contributed by atoms with van der Waals surface area (Å²) in [7, 11) is 0. The number of hydrogen-bond donors (Lipinski definition) is 0. The third-order valence-electron chi connectivity index (χ3n) is 2.06. The molecule has 0 aliphatic heterocycles. The molecule has 3 nitrogen and oxygen atoms in total. The van der Waals surface area contributed by atoms with Gasteiger partial charge in [0.2, 0.25) is 0 Å². The summed E-state index contributed by atoms with van der Waals surface area (Å²) in [5, 5.41) is 7.94. The van der Waals surface area contributed by atoms with Gasteiger partial charge in [-0.2, -0.15) is 44.4 Å². The molecule has 1 rings (SSSR count). The largest absolute Gasteiger partial charge is 0.663 e. The smallest absolute Gasteiger partial charge is 0.0844 e.